The average Bonchev–Trinajstić information content (AvgIpc) is 2.83. The molecular formula is C29H40F4N2. The molecule has 0 saturated heterocycles. The van der Waals surface area contributed by atoms with Gasteiger partial charge in [0.15, 0.2) is 11.6 Å². The minimum atomic E-state index is -3.57. The summed E-state index contributed by atoms with van der Waals surface area (Å²) >= 11 is 0. The number of aromatic nitrogens is 2. The highest BCUT2D eigenvalue weighted by Crippen LogP contribution is 2.50. The standard InChI is InChI=1S/C29H40F4N2/c1-5-7-10-20(4)15-23-16-22-13-14-24(29(32,33)25(22)27(31)26(23)30)28-34-17-21(18-35-28)12-9-8-11-19(3)6-2/h16-20,24H,5-15H2,1-4H3. The van der Waals surface area contributed by atoms with E-state index >= 15 is 13.2 Å². The van der Waals surface area contributed by atoms with E-state index in [9.17, 15) is 4.39 Å². The lowest BCUT2D eigenvalue weighted by Gasteiger charge is -2.33. The second kappa shape index (κ2) is 12.3. The molecule has 1 aromatic carbocycles. The molecule has 1 aliphatic carbocycles. The first-order valence-corrected chi connectivity index (χ1v) is 13.4. The molecule has 2 nitrogen and oxygen atoms in total. The van der Waals surface area contributed by atoms with Crippen LogP contribution < -0.4 is 0 Å². The molecular weight excluding hydrogens is 452 g/mol. The monoisotopic (exact) mass is 492 g/mol. The Bertz CT molecular complexity index is 958. The summed E-state index contributed by atoms with van der Waals surface area (Å²) in [6, 6.07) is 1.46. The molecule has 3 rings (SSSR count). The Morgan fingerprint density at radius 2 is 1.66 bits per heavy atom. The normalized spacial score (nSPS) is 18.8. The molecule has 0 fully saturated rings. The molecule has 0 spiro atoms. The van der Waals surface area contributed by atoms with Crippen molar-refractivity contribution in [3.05, 3.63) is 58.2 Å². The first-order valence-electron chi connectivity index (χ1n) is 13.4. The summed E-state index contributed by atoms with van der Waals surface area (Å²) in [5.41, 5.74) is 0.513. The van der Waals surface area contributed by atoms with Crippen LogP contribution in [0.15, 0.2) is 18.5 Å². The van der Waals surface area contributed by atoms with Crippen LogP contribution >= 0.6 is 0 Å². The molecule has 3 atom stereocenters. The summed E-state index contributed by atoms with van der Waals surface area (Å²) < 4.78 is 61.0. The van der Waals surface area contributed by atoms with Crippen molar-refractivity contribution in [2.45, 2.75) is 110 Å². The molecule has 0 saturated carbocycles. The van der Waals surface area contributed by atoms with Gasteiger partial charge in [0.25, 0.3) is 5.92 Å². The summed E-state index contributed by atoms with van der Waals surface area (Å²) in [5, 5.41) is 0. The maximum Gasteiger partial charge on any atom is 0.286 e. The first kappa shape index (κ1) is 27.6. The zero-order valence-electron chi connectivity index (χ0n) is 21.6. The van der Waals surface area contributed by atoms with Gasteiger partial charge in [-0.15, -0.1) is 0 Å². The van der Waals surface area contributed by atoms with Crippen LogP contribution in [0.3, 0.4) is 0 Å². The van der Waals surface area contributed by atoms with Crippen LogP contribution in [0.4, 0.5) is 17.6 Å². The van der Waals surface area contributed by atoms with Gasteiger partial charge in [0.05, 0.1) is 11.5 Å². The number of unbranched alkanes of at least 4 members (excludes halogenated alkanes) is 2. The number of rotatable bonds is 12. The minimum Gasteiger partial charge on any atom is -0.241 e. The van der Waals surface area contributed by atoms with Crippen LogP contribution in [0.25, 0.3) is 0 Å². The maximum absolute atomic E-state index is 15.5. The van der Waals surface area contributed by atoms with Gasteiger partial charge >= 0.3 is 0 Å². The van der Waals surface area contributed by atoms with E-state index in [4.69, 9.17) is 0 Å². The van der Waals surface area contributed by atoms with Crippen molar-refractivity contribution in [1.29, 1.82) is 0 Å². The SMILES string of the molecule is CCCCC(C)Cc1cc2c(c(F)c1F)C(F)(F)C(c1ncc(CCCCC(C)CC)cn1)CC2. The van der Waals surface area contributed by atoms with Gasteiger partial charge in [0, 0.05) is 12.4 Å². The van der Waals surface area contributed by atoms with Gasteiger partial charge in [0.1, 0.15) is 5.82 Å². The van der Waals surface area contributed by atoms with E-state index in [0.717, 1.165) is 44.1 Å². The van der Waals surface area contributed by atoms with E-state index < -0.39 is 29.0 Å². The largest absolute Gasteiger partial charge is 0.286 e. The molecule has 194 valence electrons. The van der Waals surface area contributed by atoms with Gasteiger partial charge in [-0.05, 0) is 60.6 Å². The number of aryl methyl sites for hydroxylation is 2. The number of halogens is 4. The van der Waals surface area contributed by atoms with Gasteiger partial charge in [-0.2, -0.15) is 0 Å². The molecule has 1 heterocycles. The average molecular weight is 493 g/mol. The lowest BCUT2D eigenvalue weighted by Crippen LogP contribution is -2.33. The van der Waals surface area contributed by atoms with Crippen molar-refractivity contribution in [2.24, 2.45) is 11.8 Å². The van der Waals surface area contributed by atoms with Gasteiger partial charge < -0.3 is 0 Å². The fourth-order valence-corrected chi connectivity index (χ4v) is 5.12. The summed E-state index contributed by atoms with van der Waals surface area (Å²) in [6.07, 6.45) is 12.1. The fourth-order valence-electron chi connectivity index (χ4n) is 5.12. The van der Waals surface area contributed by atoms with E-state index in [2.05, 4.69) is 30.7 Å². The molecule has 0 aliphatic heterocycles. The van der Waals surface area contributed by atoms with Crippen molar-refractivity contribution in [3.63, 3.8) is 0 Å². The topological polar surface area (TPSA) is 25.8 Å². The van der Waals surface area contributed by atoms with Crippen molar-refractivity contribution in [1.82, 2.24) is 9.97 Å². The second-order valence-electron chi connectivity index (χ2n) is 10.6. The highest BCUT2D eigenvalue weighted by atomic mass is 19.3. The maximum atomic E-state index is 15.5. The highest BCUT2D eigenvalue weighted by molar-refractivity contribution is 5.42. The lowest BCUT2D eigenvalue weighted by atomic mass is 9.78. The number of benzene rings is 1. The van der Waals surface area contributed by atoms with Gasteiger partial charge in [-0.3, -0.25) is 0 Å². The Morgan fingerprint density at radius 1 is 0.971 bits per heavy atom. The van der Waals surface area contributed by atoms with Crippen LogP contribution in [-0.2, 0) is 25.2 Å². The Balaban J connectivity index is 1.74. The minimum absolute atomic E-state index is 0.000998. The number of fused-ring (bicyclic) bond motifs is 1. The smallest absolute Gasteiger partial charge is 0.241 e. The van der Waals surface area contributed by atoms with Crippen LogP contribution in [0.1, 0.15) is 113 Å². The van der Waals surface area contributed by atoms with Crippen LogP contribution in [0.2, 0.25) is 0 Å². The fraction of sp³-hybridized carbons (Fsp3) is 0.655. The molecule has 6 heteroatoms. The number of hydrogen-bond acceptors (Lipinski definition) is 2. The van der Waals surface area contributed by atoms with E-state index in [1.54, 1.807) is 12.4 Å². The summed E-state index contributed by atoms with van der Waals surface area (Å²) in [7, 11) is 0. The second-order valence-corrected chi connectivity index (χ2v) is 10.6. The van der Waals surface area contributed by atoms with Crippen molar-refractivity contribution in [2.75, 3.05) is 0 Å². The quantitative estimate of drug-likeness (QED) is 0.219. The zero-order valence-corrected chi connectivity index (χ0v) is 21.6. The van der Waals surface area contributed by atoms with E-state index in [1.165, 1.54) is 18.9 Å². The third kappa shape index (κ3) is 6.62. The van der Waals surface area contributed by atoms with Crippen molar-refractivity contribution < 1.29 is 17.6 Å². The molecule has 1 aliphatic rings. The van der Waals surface area contributed by atoms with Crippen LogP contribution in [0, 0.1) is 23.5 Å². The lowest BCUT2D eigenvalue weighted by molar-refractivity contribution is -0.0499. The Labute approximate surface area is 208 Å². The highest BCUT2D eigenvalue weighted by Gasteiger charge is 2.50. The summed E-state index contributed by atoms with van der Waals surface area (Å²) in [4.78, 5) is 8.46. The van der Waals surface area contributed by atoms with Crippen LogP contribution in [0.5, 0.6) is 0 Å². The van der Waals surface area contributed by atoms with E-state index in [1.807, 2.05) is 6.92 Å². The van der Waals surface area contributed by atoms with E-state index in [-0.39, 0.29) is 35.7 Å². The predicted octanol–water partition coefficient (Wildman–Crippen LogP) is 8.70. The van der Waals surface area contributed by atoms with Crippen molar-refractivity contribution >= 4 is 0 Å². The van der Waals surface area contributed by atoms with Gasteiger partial charge in [-0.25, -0.2) is 27.5 Å². The molecule has 0 amide bonds. The molecule has 0 radical (unpaired) electrons. The third-order valence-electron chi connectivity index (χ3n) is 7.60. The van der Waals surface area contributed by atoms with E-state index in [0.29, 0.717) is 12.3 Å². The molecule has 3 unspecified atom stereocenters. The Hall–Kier alpha value is -1.98. The van der Waals surface area contributed by atoms with Gasteiger partial charge in [-0.1, -0.05) is 72.3 Å². The number of alkyl halides is 2. The summed E-state index contributed by atoms with van der Waals surface area (Å²) in [5.74, 6) is -6.60. The van der Waals surface area contributed by atoms with Crippen LogP contribution in [-0.4, -0.2) is 9.97 Å². The Morgan fingerprint density at radius 3 is 2.31 bits per heavy atom. The third-order valence-corrected chi connectivity index (χ3v) is 7.60. The first-order chi connectivity index (χ1) is 16.7. The molecule has 35 heavy (non-hydrogen) atoms. The predicted molar refractivity (Wildman–Crippen MR) is 133 cm³/mol. The zero-order chi connectivity index (χ0) is 25.6. The molecule has 0 N–H and O–H groups in total. The summed E-state index contributed by atoms with van der Waals surface area (Å²) in [6.45, 7) is 8.50. The Kier molecular flexibility index (Phi) is 9.71. The molecule has 1 aromatic heterocycles. The molecule has 2 aromatic rings. The molecule has 0 bridgehead atoms. The van der Waals surface area contributed by atoms with Crippen molar-refractivity contribution in [3.8, 4) is 0 Å². The number of nitrogens with zero attached hydrogens (tertiary/aromatic N) is 2. The van der Waals surface area contributed by atoms with Gasteiger partial charge in [0.2, 0.25) is 0 Å². The number of hydrogen-bond donors (Lipinski definition) is 0.